The summed E-state index contributed by atoms with van der Waals surface area (Å²) in [5, 5.41) is 3.37. The van der Waals surface area contributed by atoms with Crippen molar-refractivity contribution in [3.8, 4) is 11.5 Å². The number of aryl methyl sites for hydroxylation is 1. The molecule has 2 rings (SSSR count). The third-order valence-electron chi connectivity index (χ3n) is 3.69. The number of hydrogen-bond acceptors (Lipinski definition) is 3. The molecule has 0 heterocycles. The number of carbonyl (C=O) groups excluding carboxylic acids is 1. The molecule has 0 aliphatic rings. The zero-order valence-corrected chi connectivity index (χ0v) is 14.9. The van der Waals surface area contributed by atoms with Crippen LogP contribution < -0.4 is 14.8 Å². The second kappa shape index (κ2) is 8.60. The number of rotatable bonds is 7. The number of ether oxygens (including phenoxy) is 2. The van der Waals surface area contributed by atoms with Crippen LogP contribution >= 0.6 is 11.6 Å². The highest BCUT2D eigenvalue weighted by Gasteiger charge is 2.14. The molecule has 0 aliphatic heterocycles. The van der Waals surface area contributed by atoms with Gasteiger partial charge >= 0.3 is 0 Å². The topological polar surface area (TPSA) is 47.6 Å². The molecule has 2 aromatic carbocycles. The van der Waals surface area contributed by atoms with E-state index in [0.717, 1.165) is 11.3 Å². The van der Waals surface area contributed by atoms with E-state index in [0.29, 0.717) is 23.9 Å². The summed E-state index contributed by atoms with van der Waals surface area (Å²) in [6, 6.07) is 12.9. The molecule has 0 bridgehead atoms. The fraction of sp³-hybridized carbons (Fsp3) is 0.316. The second-order valence-electron chi connectivity index (χ2n) is 5.55. The molecule has 1 atom stereocenters. The van der Waals surface area contributed by atoms with Gasteiger partial charge in [-0.2, -0.15) is 0 Å². The largest absolute Gasteiger partial charge is 0.491 e. The van der Waals surface area contributed by atoms with E-state index in [1.807, 2.05) is 32.0 Å². The van der Waals surface area contributed by atoms with Crippen LogP contribution in [-0.4, -0.2) is 25.2 Å². The molecule has 0 fully saturated rings. The maximum atomic E-state index is 12.0. The Kier molecular flexibility index (Phi) is 6.50. The van der Waals surface area contributed by atoms with Crippen molar-refractivity contribution in [2.45, 2.75) is 26.9 Å². The Bertz CT molecular complexity index is 703. The molecular weight excluding hydrogens is 326 g/mol. The Morgan fingerprint density at radius 3 is 2.71 bits per heavy atom. The van der Waals surface area contributed by atoms with Crippen LogP contribution in [0.4, 0.5) is 0 Å². The number of carbonyl (C=O) groups is 1. The number of hydrogen-bond donors (Lipinski definition) is 1. The first kappa shape index (κ1) is 18.1. The summed E-state index contributed by atoms with van der Waals surface area (Å²) < 4.78 is 11.3. The van der Waals surface area contributed by atoms with Gasteiger partial charge < -0.3 is 14.8 Å². The van der Waals surface area contributed by atoms with Crippen molar-refractivity contribution >= 4 is 17.5 Å². The smallest absolute Gasteiger partial charge is 0.260 e. The van der Waals surface area contributed by atoms with Crippen LogP contribution in [0.15, 0.2) is 42.5 Å². The van der Waals surface area contributed by atoms with Gasteiger partial charge in [0.05, 0.1) is 6.54 Å². The van der Waals surface area contributed by atoms with Gasteiger partial charge in [-0.3, -0.25) is 4.79 Å². The van der Waals surface area contributed by atoms with Gasteiger partial charge in [-0.25, -0.2) is 0 Å². The molecule has 0 saturated heterocycles. The van der Waals surface area contributed by atoms with Crippen molar-refractivity contribution in [1.82, 2.24) is 5.32 Å². The molecule has 0 radical (unpaired) electrons. The van der Waals surface area contributed by atoms with Crippen molar-refractivity contribution in [3.63, 3.8) is 0 Å². The van der Waals surface area contributed by atoms with Gasteiger partial charge in [0, 0.05) is 5.02 Å². The monoisotopic (exact) mass is 347 g/mol. The van der Waals surface area contributed by atoms with Crippen LogP contribution in [0, 0.1) is 13.8 Å². The summed E-state index contributed by atoms with van der Waals surface area (Å²) in [6.45, 7) is 6.57. The van der Waals surface area contributed by atoms with Crippen molar-refractivity contribution < 1.29 is 14.3 Å². The first-order valence-corrected chi connectivity index (χ1v) is 8.24. The van der Waals surface area contributed by atoms with Gasteiger partial charge in [0.2, 0.25) is 0 Å². The standard InChI is InChI=1S/C19H22ClNO3/c1-13-6-4-9-18(14(13)2)23-11-10-21-19(22)15(3)24-17-8-5-7-16(20)12-17/h4-9,12,15H,10-11H2,1-3H3,(H,21,22). The van der Waals surface area contributed by atoms with E-state index in [-0.39, 0.29) is 5.91 Å². The van der Waals surface area contributed by atoms with E-state index in [1.54, 1.807) is 31.2 Å². The van der Waals surface area contributed by atoms with Gasteiger partial charge in [-0.15, -0.1) is 0 Å². The van der Waals surface area contributed by atoms with Crippen LogP contribution in [0.3, 0.4) is 0 Å². The van der Waals surface area contributed by atoms with Gasteiger partial charge in [0.25, 0.3) is 5.91 Å². The zero-order valence-electron chi connectivity index (χ0n) is 14.1. The van der Waals surface area contributed by atoms with E-state index in [1.165, 1.54) is 5.56 Å². The van der Waals surface area contributed by atoms with Crippen molar-refractivity contribution in [2.75, 3.05) is 13.2 Å². The lowest BCUT2D eigenvalue weighted by Crippen LogP contribution is -2.38. The number of amides is 1. The minimum absolute atomic E-state index is 0.195. The molecule has 24 heavy (non-hydrogen) atoms. The molecule has 0 saturated carbocycles. The molecule has 0 aromatic heterocycles. The molecule has 0 aliphatic carbocycles. The van der Waals surface area contributed by atoms with E-state index in [4.69, 9.17) is 21.1 Å². The van der Waals surface area contributed by atoms with Crippen molar-refractivity contribution in [1.29, 1.82) is 0 Å². The summed E-state index contributed by atoms with van der Waals surface area (Å²) in [7, 11) is 0. The Labute approximate surface area is 147 Å². The summed E-state index contributed by atoms with van der Waals surface area (Å²) in [5.41, 5.74) is 2.29. The highest BCUT2D eigenvalue weighted by atomic mass is 35.5. The fourth-order valence-electron chi connectivity index (χ4n) is 2.16. The molecule has 1 unspecified atom stereocenters. The van der Waals surface area contributed by atoms with Gasteiger partial charge in [-0.05, 0) is 56.2 Å². The van der Waals surface area contributed by atoms with E-state index in [9.17, 15) is 4.79 Å². The SMILES string of the molecule is Cc1cccc(OCCNC(=O)C(C)Oc2cccc(Cl)c2)c1C. The molecule has 0 spiro atoms. The third kappa shape index (κ3) is 5.17. The maximum Gasteiger partial charge on any atom is 0.260 e. The molecule has 2 aromatic rings. The normalized spacial score (nSPS) is 11.7. The molecular formula is C19H22ClNO3. The van der Waals surface area contributed by atoms with Gasteiger partial charge in [0.15, 0.2) is 6.10 Å². The molecule has 1 N–H and O–H groups in total. The first-order chi connectivity index (χ1) is 11.5. The minimum Gasteiger partial charge on any atom is -0.491 e. The average Bonchev–Trinajstić information content (AvgIpc) is 2.55. The number of nitrogens with one attached hydrogen (secondary N) is 1. The third-order valence-corrected chi connectivity index (χ3v) is 3.93. The summed E-state index contributed by atoms with van der Waals surface area (Å²) in [4.78, 5) is 12.0. The van der Waals surface area contributed by atoms with Crippen LogP contribution in [0.25, 0.3) is 0 Å². The number of benzene rings is 2. The predicted octanol–water partition coefficient (Wildman–Crippen LogP) is 3.92. The van der Waals surface area contributed by atoms with Gasteiger partial charge in [0.1, 0.15) is 18.1 Å². The Balaban J connectivity index is 1.75. The summed E-state index contributed by atoms with van der Waals surface area (Å²) in [6.07, 6.45) is -0.607. The summed E-state index contributed by atoms with van der Waals surface area (Å²) in [5.74, 6) is 1.21. The lowest BCUT2D eigenvalue weighted by atomic mass is 10.1. The Hall–Kier alpha value is -2.20. The van der Waals surface area contributed by atoms with Crippen LogP contribution in [0.1, 0.15) is 18.1 Å². The molecule has 128 valence electrons. The van der Waals surface area contributed by atoms with Crippen LogP contribution in [0.2, 0.25) is 5.02 Å². The average molecular weight is 348 g/mol. The lowest BCUT2D eigenvalue weighted by molar-refractivity contribution is -0.127. The number of halogens is 1. The van der Waals surface area contributed by atoms with Crippen LogP contribution in [0.5, 0.6) is 11.5 Å². The lowest BCUT2D eigenvalue weighted by Gasteiger charge is -2.15. The quantitative estimate of drug-likeness (QED) is 0.772. The van der Waals surface area contributed by atoms with Crippen molar-refractivity contribution in [3.05, 3.63) is 58.6 Å². The molecule has 5 heteroatoms. The first-order valence-electron chi connectivity index (χ1n) is 7.86. The maximum absolute atomic E-state index is 12.0. The van der Waals surface area contributed by atoms with E-state index in [2.05, 4.69) is 5.32 Å². The molecule has 4 nitrogen and oxygen atoms in total. The highest BCUT2D eigenvalue weighted by molar-refractivity contribution is 6.30. The van der Waals surface area contributed by atoms with Gasteiger partial charge in [-0.1, -0.05) is 29.8 Å². The van der Waals surface area contributed by atoms with Crippen LogP contribution in [-0.2, 0) is 4.79 Å². The van der Waals surface area contributed by atoms with E-state index < -0.39 is 6.10 Å². The second-order valence-corrected chi connectivity index (χ2v) is 5.99. The summed E-state index contributed by atoms with van der Waals surface area (Å²) >= 11 is 5.90. The Morgan fingerprint density at radius 1 is 1.21 bits per heavy atom. The predicted molar refractivity (Wildman–Crippen MR) is 96.0 cm³/mol. The molecule has 1 amide bonds. The van der Waals surface area contributed by atoms with Crippen molar-refractivity contribution in [2.24, 2.45) is 0 Å². The minimum atomic E-state index is -0.607. The van der Waals surface area contributed by atoms with E-state index >= 15 is 0 Å². The highest BCUT2D eigenvalue weighted by Crippen LogP contribution is 2.20. The fourth-order valence-corrected chi connectivity index (χ4v) is 2.34. The Morgan fingerprint density at radius 2 is 1.96 bits per heavy atom. The zero-order chi connectivity index (χ0) is 17.5.